The topological polar surface area (TPSA) is 94.2 Å². The summed E-state index contributed by atoms with van der Waals surface area (Å²) < 4.78 is 16.9. The first-order chi connectivity index (χ1) is 19.3. The SMILES string of the molecule is CCc1ccc(NC(=O)COc2ccc(/C=C3\SC(=O)N(CCOc4cc(C)ccc4C)C3=O)cc2OC)cc1. The highest BCUT2D eigenvalue weighted by molar-refractivity contribution is 8.18. The number of aryl methyl sites for hydroxylation is 3. The molecule has 1 saturated heterocycles. The summed E-state index contributed by atoms with van der Waals surface area (Å²) in [6, 6.07) is 18.6. The van der Waals surface area contributed by atoms with Gasteiger partial charge in [0, 0.05) is 5.69 Å². The van der Waals surface area contributed by atoms with Gasteiger partial charge >= 0.3 is 0 Å². The lowest BCUT2D eigenvalue weighted by atomic mass is 10.1. The predicted molar refractivity (Wildman–Crippen MR) is 157 cm³/mol. The summed E-state index contributed by atoms with van der Waals surface area (Å²) >= 11 is 0.881. The van der Waals surface area contributed by atoms with Crippen molar-refractivity contribution in [3.8, 4) is 17.2 Å². The Morgan fingerprint density at radius 3 is 2.45 bits per heavy atom. The monoisotopic (exact) mass is 560 g/mol. The van der Waals surface area contributed by atoms with E-state index < -0.39 is 0 Å². The Morgan fingerprint density at radius 1 is 0.950 bits per heavy atom. The second-order valence-corrected chi connectivity index (χ2v) is 10.2. The maximum Gasteiger partial charge on any atom is 0.293 e. The number of amides is 3. The highest BCUT2D eigenvalue weighted by Gasteiger charge is 2.34. The number of benzene rings is 3. The Kier molecular flexibility index (Phi) is 9.50. The fourth-order valence-corrected chi connectivity index (χ4v) is 4.88. The third kappa shape index (κ3) is 7.24. The summed E-state index contributed by atoms with van der Waals surface area (Å²) in [5, 5.41) is 2.46. The van der Waals surface area contributed by atoms with Crippen LogP contribution in [0.3, 0.4) is 0 Å². The summed E-state index contributed by atoms with van der Waals surface area (Å²) in [6.45, 7) is 6.15. The molecule has 9 heteroatoms. The lowest BCUT2D eigenvalue weighted by molar-refractivity contribution is -0.123. The van der Waals surface area contributed by atoms with Crippen LogP contribution < -0.4 is 19.5 Å². The van der Waals surface area contributed by atoms with Crippen molar-refractivity contribution in [2.24, 2.45) is 0 Å². The van der Waals surface area contributed by atoms with Gasteiger partial charge < -0.3 is 19.5 Å². The minimum Gasteiger partial charge on any atom is -0.493 e. The second-order valence-electron chi connectivity index (χ2n) is 9.25. The lowest BCUT2D eigenvalue weighted by Crippen LogP contribution is -2.32. The van der Waals surface area contributed by atoms with E-state index in [0.717, 1.165) is 35.1 Å². The number of anilines is 1. The zero-order valence-electron chi connectivity index (χ0n) is 23.0. The van der Waals surface area contributed by atoms with E-state index >= 15 is 0 Å². The fraction of sp³-hybridized carbons (Fsp3) is 0.258. The van der Waals surface area contributed by atoms with Crippen LogP contribution in [0.2, 0.25) is 0 Å². The van der Waals surface area contributed by atoms with Crippen LogP contribution in [0.25, 0.3) is 6.08 Å². The first-order valence-corrected chi connectivity index (χ1v) is 13.7. The third-order valence-corrected chi connectivity index (χ3v) is 7.19. The van der Waals surface area contributed by atoms with Gasteiger partial charge in [-0.2, -0.15) is 0 Å². The van der Waals surface area contributed by atoms with Gasteiger partial charge in [-0.25, -0.2) is 0 Å². The first-order valence-electron chi connectivity index (χ1n) is 12.9. The fourth-order valence-electron chi connectivity index (χ4n) is 4.01. The first kappa shape index (κ1) is 28.8. The number of methoxy groups -OCH3 is 1. The Labute approximate surface area is 238 Å². The molecule has 0 atom stereocenters. The molecule has 3 amide bonds. The zero-order valence-corrected chi connectivity index (χ0v) is 23.8. The Balaban J connectivity index is 1.34. The van der Waals surface area contributed by atoms with E-state index in [-0.39, 0.29) is 36.8 Å². The summed E-state index contributed by atoms with van der Waals surface area (Å²) in [5.74, 6) is 0.843. The quantitative estimate of drug-likeness (QED) is 0.287. The molecule has 1 fully saturated rings. The van der Waals surface area contributed by atoms with E-state index in [0.29, 0.717) is 27.7 Å². The van der Waals surface area contributed by atoms with E-state index in [4.69, 9.17) is 14.2 Å². The number of hydrogen-bond donors (Lipinski definition) is 1. The van der Waals surface area contributed by atoms with Gasteiger partial charge in [0.1, 0.15) is 12.4 Å². The van der Waals surface area contributed by atoms with Gasteiger partial charge in [0.05, 0.1) is 18.6 Å². The Hall–Kier alpha value is -4.24. The van der Waals surface area contributed by atoms with E-state index in [1.165, 1.54) is 17.6 Å². The van der Waals surface area contributed by atoms with Crippen molar-refractivity contribution in [3.05, 3.63) is 87.8 Å². The maximum atomic E-state index is 12.9. The third-order valence-electron chi connectivity index (χ3n) is 6.28. The molecule has 0 bridgehead atoms. The number of imide groups is 1. The Morgan fingerprint density at radius 2 is 1.73 bits per heavy atom. The average molecular weight is 561 g/mol. The van der Waals surface area contributed by atoms with E-state index in [1.54, 1.807) is 24.3 Å². The van der Waals surface area contributed by atoms with Gasteiger partial charge in [0.25, 0.3) is 17.1 Å². The maximum absolute atomic E-state index is 12.9. The molecule has 3 aromatic rings. The molecule has 40 heavy (non-hydrogen) atoms. The molecule has 0 unspecified atom stereocenters. The smallest absolute Gasteiger partial charge is 0.293 e. The Bertz CT molecular complexity index is 1430. The molecular formula is C31H32N2O6S. The van der Waals surface area contributed by atoms with Crippen molar-refractivity contribution in [3.63, 3.8) is 0 Å². The average Bonchev–Trinajstić information content (AvgIpc) is 3.21. The number of carbonyl (C=O) groups excluding carboxylic acids is 3. The molecule has 8 nitrogen and oxygen atoms in total. The van der Waals surface area contributed by atoms with Crippen LogP contribution in [-0.2, 0) is 16.0 Å². The van der Waals surface area contributed by atoms with Gasteiger partial charge in [-0.3, -0.25) is 19.3 Å². The van der Waals surface area contributed by atoms with E-state index in [9.17, 15) is 14.4 Å². The molecule has 0 spiro atoms. The van der Waals surface area contributed by atoms with Crippen LogP contribution in [0.1, 0.15) is 29.2 Å². The van der Waals surface area contributed by atoms with Crippen molar-refractivity contribution in [2.45, 2.75) is 27.2 Å². The molecule has 1 heterocycles. The lowest BCUT2D eigenvalue weighted by Gasteiger charge is -2.14. The zero-order chi connectivity index (χ0) is 28.6. The van der Waals surface area contributed by atoms with Gasteiger partial charge in [-0.1, -0.05) is 37.3 Å². The van der Waals surface area contributed by atoms with Crippen LogP contribution in [0.5, 0.6) is 17.2 Å². The minimum atomic E-state index is -0.373. The van der Waals surface area contributed by atoms with Crippen molar-refractivity contribution < 1.29 is 28.6 Å². The molecule has 0 radical (unpaired) electrons. The van der Waals surface area contributed by atoms with Crippen LogP contribution in [0.4, 0.5) is 10.5 Å². The second kappa shape index (κ2) is 13.2. The van der Waals surface area contributed by atoms with Crippen molar-refractivity contribution in [1.82, 2.24) is 4.90 Å². The molecule has 0 aromatic heterocycles. The number of nitrogens with zero attached hydrogens (tertiary/aromatic N) is 1. The molecule has 0 saturated carbocycles. The molecule has 1 aliphatic heterocycles. The summed E-state index contributed by atoms with van der Waals surface area (Å²) in [4.78, 5) is 39.3. The molecule has 1 N–H and O–H groups in total. The van der Waals surface area contributed by atoms with Gasteiger partial charge in [-0.05, 0) is 90.7 Å². The van der Waals surface area contributed by atoms with Crippen LogP contribution >= 0.6 is 11.8 Å². The number of thioether (sulfide) groups is 1. The van der Waals surface area contributed by atoms with Gasteiger partial charge in [-0.15, -0.1) is 0 Å². The van der Waals surface area contributed by atoms with Crippen LogP contribution in [0.15, 0.2) is 65.6 Å². The largest absolute Gasteiger partial charge is 0.493 e. The molecule has 1 aliphatic rings. The van der Waals surface area contributed by atoms with Crippen LogP contribution in [0, 0.1) is 13.8 Å². The predicted octanol–water partition coefficient (Wildman–Crippen LogP) is 6.01. The summed E-state index contributed by atoms with van der Waals surface area (Å²) in [6.07, 6.45) is 2.56. The van der Waals surface area contributed by atoms with Crippen molar-refractivity contribution in [2.75, 3.05) is 32.2 Å². The van der Waals surface area contributed by atoms with E-state index in [2.05, 4.69) is 12.2 Å². The van der Waals surface area contributed by atoms with E-state index in [1.807, 2.05) is 56.3 Å². The number of nitrogens with one attached hydrogen (secondary N) is 1. The molecule has 208 valence electrons. The highest BCUT2D eigenvalue weighted by Crippen LogP contribution is 2.34. The molecule has 4 rings (SSSR count). The van der Waals surface area contributed by atoms with Gasteiger partial charge in [0.15, 0.2) is 18.1 Å². The number of rotatable bonds is 11. The highest BCUT2D eigenvalue weighted by atomic mass is 32.2. The van der Waals surface area contributed by atoms with Gasteiger partial charge in [0.2, 0.25) is 0 Å². The molecule has 3 aromatic carbocycles. The minimum absolute atomic E-state index is 0.149. The standard InChI is InChI=1S/C31H32N2O6S/c1-5-22-8-11-24(12-9-22)32-29(34)19-39-25-13-10-23(17-27(25)37-4)18-28-30(35)33(31(36)40-28)14-15-38-26-16-20(2)6-7-21(26)3/h6-13,16-18H,5,14-15,19H2,1-4H3,(H,32,34)/b28-18-. The van der Waals surface area contributed by atoms with Crippen molar-refractivity contribution >= 4 is 40.6 Å². The molecule has 0 aliphatic carbocycles. The van der Waals surface area contributed by atoms with Crippen molar-refractivity contribution in [1.29, 1.82) is 0 Å². The normalized spacial score (nSPS) is 14.0. The number of hydrogen-bond acceptors (Lipinski definition) is 7. The number of ether oxygens (including phenoxy) is 3. The summed E-state index contributed by atoms with van der Waals surface area (Å²) in [7, 11) is 1.49. The van der Waals surface area contributed by atoms with Crippen LogP contribution in [-0.4, -0.2) is 48.8 Å². The molecular weight excluding hydrogens is 528 g/mol. The summed E-state index contributed by atoms with van der Waals surface area (Å²) in [5.41, 5.74) is 4.59. The number of carbonyl (C=O) groups is 3.